The van der Waals surface area contributed by atoms with Crippen molar-refractivity contribution in [3.05, 3.63) is 0 Å². The van der Waals surface area contributed by atoms with E-state index in [4.69, 9.17) is 11.0 Å². The second-order valence-electron chi connectivity index (χ2n) is 3.81. The van der Waals surface area contributed by atoms with E-state index >= 15 is 0 Å². The first-order valence-electron chi connectivity index (χ1n) is 3.65. The van der Waals surface area contributed by atoms with Gasteiger partial charge in [0.05, 0.1) is 12.5 Å². The predicted octanol–water partition coefficient (Wildman–Crippen LogP) is 0.163. The van der Waals surface area contributed by atoms with Crippen molar-refractivity contribution in [2.75, 3.05) is 0 Å². The van der Waals surface area contributed by atoms with Gasteiger partial charge in [-0.3, -0.25) is 4.79 Å². The SMILES string of the molecule is CC(C)(C)[C@@](O)(CC#N)C(N)=O. The van der Waals surface area contributed by atoms with Crippen LogP contribution in [0.4, 0.5) is 0 Å². The summed E-state index contributed by atoms with van der Waals surface area (Å²) in [6, 6.07) is 1.75. The number of amides is 1. The van der Waals surface area contributed by atoms with Crippen LogP contribution in [0.1, 0.15) is 27.2 Å². The van der Waals surface area contributed by atoms with Crippen molar-refractivity contribution in [1.29, 1.82) is 5.26 Å². The number of aliphatic hydroxyl groups is 1. The highest BCUT2D eigenvalue weighted by Gasteiger charge is 2.45. The normalized spacial score (nSPS) is 16.2. The zero-order chi connectivity index (χ0) is 9.99. The van der Waals surface area contributed by atoms with Crippen LogP contribution in [0.2, 0.25) is 0 Å². The minimum absolute atomic E-state index is 0.272. The summed E-state index contributed by atoms with van der Waals surface area (Å²) in [5, 5.41) is 18.1. The fourth-order valence-corrected chi connectivity index (χ4v) is 0.836. The highest BCUT2D eigenvalue weighted by Crippen LogP contribution is 2.32. The maximum atomic E-state index is 10.9. The fourth-order valence-electron chi connectivity index (χ4n) is 0.836. The molecular weight excluding hydrogens is 156 g/mol. The van der Waals surface area contributed by atoms with Crippen LogP contribution in [0.5, 0.6) is 0 Å². The number of rotatable bonds is 2. The van der Waals surface area contributed by atoms with Gasteiger partial charge in [0.2, 0.25) is 0 Å². The van der Waals surface area contributed by atoms with E-state index in [0.717, 1.165) is 0 Å². The highest BCUT2D eigenvalue weighted by molar-refractivity contribution is 5.84. The molecule has 0 heterocycles. The van der Waals surface area contributed by atoms with Gasteiger partial charge in [-0.15, -0.1) is 0 Å². The lowest BCUT2D eigenvalue weighted by molar-refractivity contribution is -0.147. The van der Waals surface area contributed by atoms with E-state index in [1.807, 2.05) is 0 Å². The van der Waals surface area contributed by atoms with E-state index in [1.54, 1.807) is 26.8 Å². The van der Waals surface area contributed by atoms with Crippen molar-refractivity contribution in [2.45, 2.75) is 32.8 Å². The van der Waals surface area contributed by atoms with E-state index < -0.39 is 16.9 Å². The quantitative estimate of drug-likeness (QED) is 0.619. The van der Waals surface area contributed by atoms with E-state index in [-0.39, 0.29) is 6.42 Å². The van der Waals surface area contributed by atoms with Crippen LogP contribution in [0, 0.1) is 16.7 Å². The second kappa shape index (κ2) is 3.11. The van der Waals surface area contributed by atoms with Gasteiger partial charge >= 0.3 is 0 Å². The first-order chi connectivity index (χ1) is 5.25. The van der Waals surface area contributed by atoms with Crippen molar-refractivity contribution < 1.29 is 9.90 Å². The summed E-state index contributed by atoms with van der Waals surface area (Å²) >= 11 is 0. The molecule has 3 N–H and O–H groups in total. The molecule has 0 spiro atoms. The molecule has 0 bridgehead atoms. The Morgan fingerprint density at radius 2 is 2.00 bits per heavy atom. The molecule has 0 aliphatic rings. The number of hydrogen-bond donors (Lipinski definition) is 2. The molecule has 4 heteroatoms. The lowest BCUT2D eigenvalue weighted by Gasteiger charge is -2.35. The Morgan fingerprint density at radius 3 is 2.08 bits per heavy atom. The number of nitrogens with zero attached hydrogens (tertiary/aromatic N) is 1. The summed E-state index contributed by atoms with van der Waals surface area (Å²) in [6.07, 6.45) is -0.272. The average molecular weight is 170 g/mol. The molecule has 0 aromatic heterocycles. The number of carbonyl (C=O) groups excluding carboxylic acids is 1. The zero-order valence-corrected chi connectivity index (χ0v) is 7.59. The van der Waals surface area contributed by atoms with Gasteiger partial charge in [-0.2, -0.15) is 5.26 Å². The van der Waals surface area contributed by atoms with Crippen molar-refractivity contribution in [3.8, 4) is 6.07 Å². The number of nitriles is 1. The lowest BCUT2D eigenvalue weighted by atomic mass is 9.74. The highest BCUT2D eigenvalue weighted by atomic mass is 16.3. The van der Waals surface area contributed by atoms with Gasteiger partial charge in [-0.1, -0.05) is 20.8 Å². The molecule has 4 nitrogen and oxygen atoms in total. The second-order valence-corrected chi connectivity index (χ2v) is 3.81. The molecule has 0 aromatic carbocycles. The van der Waals surface area contributed by atoms with Gasteiger partial charge < -0.3 is 10.8 Å². The lowest BCUT2D eigenvalue weighted by Crippen LogP contribution is -2.53. The molecular formula is C8H14N2O2. The van der Waals surface area contributed by atoms with Crippen molar-refractivity contribution >= 4 is 5.91 Å². The van der Waals surface area contributed by atoms with Crippen molar-refractivity contribution in [1.82, 2.24) is 0 Å². The molecule has 0 rings (SSSR count). The van der Waals surface area contributed by atoms with Crippen LogP contribution < -0.4 is 5.73 Å². The van der Waals surface area contributed by atoms with E-state index in [1.165, 1.54) is 0 Å². The van der Waals surface area contributed by atoms with Crippen LogP contribution >= 0.6 is 0 Å². The van der Waals surface area contributed by atoms with Gasteiger partial charge in [-0.05, 0) is 0 Å². The fraction of sp³-hybridized carbons (Fsp3) is 0.750. The monoisotopic (exact) mass is 170 g/mol. The molecule has 0 fully saturated rings. The Hall–Kier alpha value is -1.08. The Kier molecular flexibility index (Phi) is 2.83. The van der Waals surface area contributed by atoms with Gasteiger partial charge in [0.15, 0.2) is 5.60 Å². The number of hydrogen-bond acceptors (Lipinski definition) is 3. The maximum absolute atomic E-state index is 10.9. The van der Waals surface area contributed by atoms with E-state index in [9.17, 15) is 9.90 Å². The minimum Gasteiger partial charge on any atom is -0.378 e. The molecule has 0 saturated carbocycles. The van der Waals surface area contributed by atoms with Gasteiger partial charge in [0.1, 0.15) is 0 Å². The Labute approximate surface area is 72.0 Å². The summed E-state index contributed by atoms with van der Waals surface area (Å²) < 4.78 is 0. The maximum Gasteiger partial charge on any atom is 0.251 e. The molecule has 1 atom stereocenters. The molecule has 68 valence electrons. The Balaban J connectivity index is 4.91. The van der Waals surface area contributed by atoms with Crippen LogP contribution in [-0.4, -0.2) is 16.6 Å². The molecule has 1 amide bonds. The summed E-state index contributed by atoms with van der Waals surface area (Å²) in [6.45, 7) is 4.99. The molecule has 0 radical (unpaired) electrons. The summed E-state index contributed by atoms with van der Waals surface area (Å²) in [5.74, 6) is -0.850. The third-order valence-corrected chi connectivity index (χ3v) is 1.98. The smallest absolute Gasteiger partial charge is 0.251 e. The Bertz CT molecular complexity index is 224. The number of carbonyl (C=O) groups is 1. The van der Waals surface area contributed by atoms with Crippen LogP contribution in [0.25, 0.3) is 0 Å². The van der Waals surface area contributed by atoms with Crippen molar-refractivity contribution in [2.24, 2.45) is 11.1 Å². The zero-order valence-electron chi connectivity index (χ0n) is 7.59. The van der Waals surface area contributed by atoms with Gasteiger partial charge in [-0.25, -0.2) is 0 Å². The largest absolute Gasteiger partial charge is 0.378 e. The Morgan fingerprint density at radius 1 is 1.58 bits per heavy atom. The number of nitrogens with two attached hydrogens (primary N) is 1. The molecule has 0 unspecified atom stereocenters. The first kappa shape index (κ1) is 10.9. The van der Waals surface area contributed by atoms with Crippen LogP contribution in [0.15, 0.2) is 0 Å². The van der Waals surface area contributed by atoms with Gasteiger partial charge in [0.25, 0.3) is 5.91 Å². The van der Waals surface area contributed by atoms with Gasteiger partial charge in [0, 0.05) is 5.41 Å². The summed E-state index contributed by atoms with van der Waals surface area (Å²) in [5.41, 5.74) is 2.56. The van der Waals surface area contributed by atoms with Crippen LogP contribution in [0.3, 0.4) is 0 Å². The first-order valence-corrected chi connectivity index (χ1v) is 3.65. The predicted molar refractivity (Wildman–Crippen MR) is 43.8 cm³/mol. The molecule has 12 heavy (non-hydrogen) atoms. The minimum atomic E-state index is -1.73. The third-order valence-electron chi connectivity index (χ3n) is 1.98. The third kappa shape index (κ3) is 1.74. The van der Waals surface area contributed by atoms with Crippen molar-refractivity contribution in [3.63, 3.8) is 0 Å². The molecule has 0 saturated heterocycles. The van der Waals surface area contributed by atoms with E-state index in [0.29, 0.717) is 0 Å². The van der Waals surface area contributed by atoms with E-state index in [2.05, 4.69) is 0 Å². The topological polar surface area (TPSA) is 87.1 Å². The summed E-state index contributed by atoms with van der Waals surface area (Å²) in [4.78, 5) is 10.9. The molecule has 0 aliphatic carbocycles. The molecule has 0 aromatic rings. The number of primary amides is 1. The summed E-state index contributed by atoms with van der Waals surface area (Å²) in [7, 11) is 0. The van der Waals surface area contributed by atoms with Crippen LogP contribution in [-0.2, 0) is 4.79 Å². The standard InChI is InChI=1S/C8H14N2O2/c1-7(2,3)8(12,4-5-9)6(10)11/h12H,4H2,1-3H3,(H2,10,11)/t8-/m1/s1. The molecule has 0 aliphatic heterocycles. The average Bonchev–Trinajstić information content (AvgIpc) is 1.85.